The molecule has 2 aromatic rings. The zero-order valence-electron chi connectivity index (χ0n) is 11.5. The smallest absolute Gasteiger partial charge is 0.230 e. The first-order valence-electron chi connectivity index (χ1n) is 6.42. The monoisotopic (exact) mass is 327 g/mol. The van der Waals surface area contributed by atoms with E-state index in [1.54, 1.807) is 22.7 Å². The summed E-state index contributed by atoms with van der Waals surface area (Å²) in [6.45, 7) is 4.70. The van der Waals surface area contributed by atoms with Gasteiger partial charge in [0, 0.05) is 29.4 Å². The van der Waals surface area contributed by atoms with Crippen LogP contribution in [0.1, 0.15) is 23.3 Å². The van der Waals surface area contributed by atoms with E-state index in [1.807, 2.05) is 12.3 Å². The van der Waals surface area contributed by atoms with Crippen molar-refractivity contribution in [3.63, 3.8) is 0 Å². The van der Waals surface area contributed by atoms with Crippen molar-refractivity contribution in [1.29, 1.82) is 0 Å². The number of hydrogen-bond donors (Lipinski definition) is 1. The number of amides is 1. The number of thiazole rings is 2. The van der Waals surface area contributed by atoms with Gasteiger partial charge in [-0.2, -0.15) is 0 Å². The normalized spacial score (nSPS) is 10.7. The van der Waals surface area contributed by atoms with Crippen LogP contribution in [0.5, 0.6) is 0 Å². The van der Waals surface area contributed by atoms with Crippen LogP contribution in [0.4, 0.5) is 0 Å². The molecule has 1 amide bonds. The number of aromatic nitrogens is 2. The third kappa shape index (κ3) is 4.88. The van der Waals surface area contributed by atoms with E-state index in [2.05, 4.69) is 27.6 Å². The lowest BCUT2D eigenvalue weighted by atomic mass is 10.3. The van der Waals surface area contributed by atoms with Gasteiger partial charge in [0.1, 0.15) is 0 Å². The molecule has 0 bridgehead atoms. The molecule has 0 aliphatic rings. The van der Waals surface area contributed by atoms with E-state index in [0.29, 0.717) is 12.3 Å². The molecule has 0 aliphatic heterocycles. The van der Waals surface area contributed by atoms with Crippen LogP contribution in [0.2, 0.25) is 0 Å². The van der Waals surface area contributed by atoms with E-state index in [-0.39, 0.29) is 5.91 Å². The number of rotatable bonds is 7. The molecule has 0 atom stereocenters. The Morgan fingerprint density at radius 2 is 2.20 bits per heavy atom. The van der Waals surface area contributed by atoms with Crippen LogP contribution >= 0.6 is 34.4 Å². The van der Waals surface area contributed by atoms with Gasteiger partial charge in [-0.3, -0.25) is 4.79 Å². The SMILES string of the molecule is CCc1nc(CCNC(=O)CSc2nc(C)cs2)cs1. The quantitative estimate of drug-likeness (QED) is 0.795. The molecule has 2 aromatic heterocycles. The molecule has 0 unspecified atom stereocenters. The first-order valence-corrected chi connectivity index (χ1v) is 9.16. The number of carbonyl (C=O) groups excluding carboxylic acids is 1. The zero-order valence-corrected chi connectivity index (χ0v) is 14.0. The minimum atomic E-state index is 0.0498. The molecule has 0 saturated carbocycles. The van der Waals surface area contributed by atoms with Gasteiger partial charge in [0.25, 0.3) is 0 Å². The van der Waals surface area contributed by atoms with Gasteiger partial charge in [0.15, 0.2) is 4.34 Å². The lowest BCUT2D eigenvalue weighted by molar-refractivity contribution is -0.118. The average Bonchev–Trinajstić information content (AvgIpc) is 3.05. The van der Waals surface area contributed by atoms with E-state index in [4.69, 9.17) is 0 Å². The summed E-state index contributed by atoms with van der Waals surface area (Å²) in [5.41, 5.74) is 2.07. The fraction of sp³-hybridized carbons (Fsp3) is 0.462. The Balaban J connectivity index is 1.65. The van der Waals surface area contributed by atoms with Gasteiger partial charge >= 0.3 is 0 Å². The number of hydrogen-bond acceptors (Lipinski definition) is 6. The minimum absolute atomic E-state index is 0.0498. The van der Waals surface area contributed by atoms with E-state index < -0.39 is 0 Å². The van der Waals surface area contributed by atoms with Crippen molar-refractivity contribution in [2.24, 2.45) is 0 Å². The highest BCUT2D eigenvalue weighted by molar-refractivity contribution is 8.01. The summed E-state index contributed by atoms with van der Waals surface area (Å²) in [4.78, 5) is 20.5. The summed E-state index contributed by atoms with van der Waals surface area (Å²) >= 11 is 4.75. The molecule has 0 aromatic carbocycles. The molecule has 7 heteroatoms. The van der Waals surface area contributed by atoms with Crippen LogP contribution in [-0.4, -0.2) is 28.2 Å². The van der Waals surface area contributed by atoms with E-state index in [9.17, 15) is 4.79 Å². The molecular weight excluding hydrogens is 310 g/mol. The molecule has 0 aliphatic carbocycles. The van der Waals surface area contributed by atoms with Crippen molar-refractivity contribution in [2.75, 3.05) is 12.3 Å². The Morgan fingerprint density at radius 3 is 2.85 bits per heavy atom. The molecule has 0 spiro atoms. The van der Waals surface area contributed by atoms with Crippen molar-refractivity contribution in [3.05, 3.63) is 27.2 Å². The highest BCUT2D eigenvalue weighted by Crippen LogP contribution is 2.21. The average molecular weight is 328 g/mol. The van der Waals surface area contributed by atoms with Crippen molar-refractivity contribution >= 4 is 40.3 Å². The number of aryl methyl sites for hydroxylation is 2. The Labute approximate surface area is 131 Å². The molecular formula is C13H17N3OS3. The Bertz CT molecular complexity index is 565. The minimum Gasteiger partial charge on any atom is -0.355 e. The van der Waals surface area contributed by atoms with Crippen molar-refractivity contribution in [3.8, 4) is 0 Å². The van der Waals surface area contributed by atoms with Gasteiger partial charge in [-0.25, -0.2) is 9.97 Å². The summed E-state index contributed by atoms with van der Waals surface area (Å²) in [6, 6.07) is 0. The molecule has 0 saturated heterocycles. The van der Waals surface area contributed by atoms with Crippen LogP contribution in [-0.2, 0) is 17.6 Å². The summed E-state index contributed by atoms with van der Waals surface area (Å²) in [6.07, 6.45) is 1.77. The molecule has 4 nitrogen and oxygen atoms in total. The predicted molar refractivity (Wildman–Crippen MR) is 85.8 cm³/mol. The van der Waals surface area contributed by atoms with Crippen molar-refractivity contribution in [1.82, 2.24) is 15.3 Å². The lowest BCUT2D eigenvalue weighted by Gasteiger charge is -2.02. The van der Waals surface area contributed by atoms with E-state index >= 15 is 0 Å². The van der Waals surface area contributed by atoms with Crippen LogP contribution < -0.4 is 5.32 Å². The molecule has 2 heterocycles. The maximum absolute atomic E-state index is 11.7. The fourth-order valence-corrected chi connectivity index (χ4v) is 3.99. The molecule has 2 rings (SSSR count). The highest BCUT2D eigenvalue weighted by atomic mass is 32.2. The van der Waals surface area contributed by atoms with E-state index in [1.165, 1.54) is 11.8 Å². The molecule has 108 valence electrons. The first-order chi connectivity index (χ1) is 9.67. The second kappa shape index (κ2) is 7.75. The van der Waals surface area contributed by atoms with Gasteiger partial charge in [-0.15, -0.1) is 22.7 Å². The lowest BCUT2D eigenvalue weighted by Crippen LogP contribution is -2.27. The summed E-state index contributed by atoms with van der Waals surface area (Å²) in [5.74, 6) is 0.471. The zero-order chi connectivity index (χ0) is 14.4. The largest absolute Gasteiger partial charge is 0.355 e. The molecule has 0 fully saturated rings. The second-order valence-corrected chi connectivity index (χ2v) is 7.25. The molecule has 20 heavy (non-hydrogen) atoms. The predicted octanol–water partition coefficient (Wildman–Crippen LogP) is 2.92. The number of nitrogens with one attached hydrogen (secondary N) is 1. The summed E-state index contributed by atoms with van der Waals surface area (Å²) < 4.78 is 0.949. The van der Waals surface area contributed by atoms with Gasteiger partial charge in [-0.1, -0.05) is 18.7 Å². The fourth-order valence-electron chi connectivity index (χ4n) is 1.53. The Morgan fingerprint density at radius 1 is 1.35 bits per heavy atom. The summed E-state index contributed by atoms with van der Waals surface area (Å²) in [7, 11) is 0. The Kier molecular flexibility index (Phi) is 6.00. The van der Waals surface area contributed by atoms with Gasteiger partial charge in [-0.05, 0) is 13.3 Å². The maximum atomic E-state index is 11.7. The van der Waals surface area contributed by atoms with Crippen molar-refractivity contribution < 1.29 is 4.79 Å². The first kappa shape index (κ1) is 15.5. The van der Waals surface area contributed by atoms with Crippen LogP contribution in [0.25, 0.3) is 0 Å². The van der Waals surface area contributed by atoms with E-state index in [0.717, 1.165) is 33.6 Å². The number of carbonyl (C=O) groups is 1. The molecule has 0 radical (unpaired) electrons. The topological polar surface area (TPSA) is 54.9 Å². The Hall–Kier alpha value is -0.920. The van der Waals surface area contributed by atoms with Gasteiger partial charge in [0.05, 0.1) is 16.5 Å². The summed E-state index contributed by atoms with van der Waals surface area (Å²) in [5, 5.41) is 8.13. The van der Waals surface area contributed by atoms with Crippen LogP contribution in [0.15, 0.2) is 15.1 Å². The van der Waals surface area contributed by atoms with Crippen LogP contribution in [0, 0.1) is 6.92 Å². The third-order valence-corrected chi connectivity index (χ3v) is 5.71. The number of nitrogens with zero attached hydrogens (tertiary/aromatic N) is 2. The van der Waals surface area contributed by atoms with Crippen LogP contribution in [0.3, 0.4) is 0 Å². The van der Waals surface area contributed by atoms with Gasteiger partial charge < -0.3 is 5.32 Å². The highest BCUT2D eigenvalue weighted by Gasteiger charge is 2.06. The van der Waals surface area contributed by atoms with Gasteiger partial charge in [0.2, 0.25) is 5.91 Å². The third-order valence-electron chi connectivity index (χ3n) is 2.53. The molecule has 1 N–H and O–H groups in total. The van der Waals surface area contributed by atoms with Crippen molar-refractivity contribution in [2.45, 2.75) is 31.0 Å². The maximum Gasteiger partial charge on any atom is 0.230 e. The standard InChI is InChI=1S/C13H17N3OS3/c1-3-12-16-10(7-18-12)4-5-14-11(17)8-20-13-15-9(2)6-19-13/h6-7H,3-5,8H2,1-2H3,(H,14,17). The second-order valence-electron chi connectivity index (χ2n) is 4.23. The number of thioether (sulfide) groups is 1.